The SMILES string of the molecule is CCN(CC)C(CNC(=O)CN1C(=O)C2C3C=CC(C3)C2C1=O)c1ccccc1Cl. The smallest absolute Gasteiger partial charge is 0.240 e. The Kier molecular flexibility index (Phi) is 5.98. The highest BCUT2D eigenvalue weighted by molar-refractivity contribution is 6.31. The number of hydrogen-bond acceptors (Lipinski definition) is 4. The van der Waals surface area contributed by atoms with Gasteiger partial charge in [0.05, 0.1) is 17.9 Å². The number of nitrogens with one attached hydrogen (secondary N) is 1. The minimum atomic E-state index is -0.318. The molecule has 0 radical (unpaired) electrons. The number of halogens is 1. The average Bonchev–Trinajstić information content (AvgIpc) is 3.42. The lowest BCUT2D eigenvalue weighted by Gasteiger charge is -2.31. The zero-order chi connectivity index (χ0) is 21.4. The molecule has 0 spiro atoms. The van der Waals surface area contributed by atoms with Crippen molar-refractivity contribution in [2.75, 3.05) is 26.2 Å². The van der Waals surface area contributed by atoms with Gasteiger partial charge in [-0.1, -0.05) is 55.8 Å². The third kappa shape index (κ3) is 3.56. The summed E-state index contributed by atoms with van der Waals surface area (Å²) in [6.07, 6.45) is 4.99. The summed E-state index contributed by atoms with van der Waals surface area (Å²) in [5.41, 5.74) is 0.952. The Hall–Kier alpha value is -2.18. The third-order valence-corrected chi connectivity index (χ3v) is 7.22. The van der Waals surface area contributed by atoms with Gasteiger partial charge in [-0.15, -0.1) is 0 Å². The van der Waals surface area contributed by atoms with Crippen LogP contribution in [-0.2, 0) is 14.4 Å². The lowest BCUT2D eigenvalue weighted by Crippen LogP contribution is -2.44. The summed E-state index contributed by atoms with van der Waals surface area (Å²) in [6.45, 7) is 5.91. The van der Waals surface area contributed by atoms with Crippen LogP contribution in [0.3, 0.4) is 0 Å². The van der Waals surface area contributed by atoms with Gasteiger partial charge in [0.15, 0.2) is 0 Å². The molecule has 5 unspecified atom stereocenters. The predicted molar refractivity (Wildman–Crippen MR) is 115 cm³/mol. The van der Waals surface area contributed by atoms with Gasteiger partial charge in [-0.05, 0) is 43.0 Å². The van der Waals surface area contributed by atoms with Gasteiger partial charge in [-0.2, -0.15) is 0 Å². The Labute approximate surface area is 182 Å². The zero-order valence-electron chi connectivity index (χ0n) is 17.4. The monoisotopic (exact) mass is 429 g/mol. The summed E-state index contributed by atoms with van der Waals surface area (Å²) < 4.78 is 0. The van der Waals surface area contributed by atoms with Crippen molar-refractivity contribution in [1.82, 2.24) is 15.1 Å². The van der Waals surface area contributed by atoms with Crippen LogP contribution in [0.25, 0.3) is 0 Å². The molecular weight excluding hydrogens is 402 g/mol. The van der Waals surface area contributed by atoms with E-state index >= 15 is 0 Å². The molecule has 1 saturated heterocycles. The van der Waals surface area contributed by atoms with Crippen molar-refractivity contribution >= 4 is 29.3 Å². The van der Waals surface area contributed by atoms with Gasteiger partial charge in [0.2, 0.25) is 17.7 Å². The summed E-state index contributed by atoms with van der Waals surface area (Å²) in [5.74, 6) is -0.944. The molecule has 1 aromatic carbocycles. The number of hydrogen-bond donors (Lipinski definition) is 1. The summed E-state index contributed by atoms with van der Waals surface area (Å²) in [6, 6.07) is 7.55. The predicted octanol–water partition coefficient (Wildman–Crippen LogP) is 2.65. The van der Waals surface area contributed by atoms with Crippen molar-refractivity contribution in [3.05, 3.63) is 47.0 Å². The van der Waals surface area contributed by atoms with Gasteiger partial charge in [0.1, 0.15) is 6.54 Å². The number of amides is 3. The third-order valence-electron chi connectivity index (χ3n) is 6.87. The number of fused-ring (bicyclic) bond motifs is 5. The van der Waals surface area contributed by atoms with Crippen molar-refractivity contribution < 1.29 is 14.4 Å². The van der Waals surface area contributed by atoms with Gasteiger partial charge in [0.25, 0.3) is 0 Å². The normalized spacial score (nSPS) is 27.8. The molecule has 2 fully saturated rings. The topological polar surface area (TPSA) is 69.7 Å². The van der Waals surface area contributed by atoms with Crippen LogP contribution in [0.1, 0.15) is 31.9 Å². The lowest BCUT2D eigenvalue weighted by atomic mass is 9.85. The Morgan fingerprint density at radius 2 is 1.73 bits per heavy atom. The molecule has 3 aliphatic rings. The molecule has 4 rings (SSSR count). The van der Waals surface area contributed by atoms with E-state index in [4.69, 9.17) is 11.6 Å². The number of benzene rings is 1. The number of carbonyl (C=O) groups is 3. The first-order valence-corrected chi connectivity index (χ1v) is 11.1. The zero-order valence-corrected chi connectivity index (χ0v) is 18.1. The van der Waals surface area contributed by atoms with Crippen molar-refractivity contribution in [3.8, 4) is 0 Å². The number of carbonyl (C=O) groups excluding carboxylic acids is 3. The maximum atomic E-state index is 12.8. The van der Waals surface area contributed by atoms with E-state index in [1.807, 2.05) is 24.3 Å². The quantitative estimate of drug-likeness (QED) is 0.509. The van der Waals surface area contributed by atoms with Gasteiger partial charge in [0, 0.05) is 11.6 Å². The van der Waals surface area contributed by atoms with Gasteiger partial charge in [-0.3, -0.25) is 24.2 Å². The molecule has 1 aromatic rings. The molecule has 5 atom stereocenters. The largest absolute Gasteiger partial charge is 0.353 e. The second kappa shape index (κ2) is 8.52. The molecule has 6 nitrogen and oxygen atoms in total. The fourth-order valence-electron chi connectivity index (χ4n) is 5.38. The van der Waals surface area contributed by atoms with Crippen LogP contribution in [0.15, 0.2) is 36.4 Å². The van der Waals surface area contributed by atoms with E-state index < -0.39 is 0 Å². The van der Waals surface area contributed by atoms with E-state index in [0.29, 0.717) is 11.6 Å². The summed E-state index contributed by atoms with van der Waals surface area (Å²) in [5, 5.41) is 3.59. The molecule has 7 heteroatoms. The van der Waals surface area contributed by atoms with E-state index in [1.165, 1.54) is 4.90 Å². The molecule has 1 heterocycles. The number of imide groups is 1. The fourth-order valence-corrected chi connectivity index (χ4v) is 5.64. The molecule has 30 heavy (non-hydrogen) atoms. The number of allylic oxidation sites excluding steroid dienone is 2. The fraction of sp³-hybridized carbons (Fsp3) is 0.522. The van der Waals surface area contributed by atoms with Gasteiger partial charge in [-0.25, -0.2) is 0 Å². The van der Waals surface area contributed by atoms with E-state index in [0.717, 1.165) is 25.1 Å². The number of likely N-dealkylation sites (N-methyl/N-ethyl adjacent to an activating group) is 1. The van der Waals surface area contributed by atoms with Crippen LogP contribution in [0.2, 0.25) is 5.02 Å². The molecule has 1 aliphatic heterocycles. The van der Waals surface area contributed by atoms with E-state index in [1.54, 1.807) is 0 Å². The van der Waals surface area contributed by atoms with Crippen molar-refractivity contribution in [2.45, 2.75) is 26.3 Å². The summed E-state index contributed by atoms with van der Waals surface area (Å²) >= 11 is 6.41. The standard InChI is InChI=1S/C23H28ClN3O3/c1-3-26(4-2)18(16-7-5-6-8-17(16)24)12-25-19(28)13-27-22(29)20-14-9-10-15(11-14)21(20)23(27)30/h5-10,14-15,18,20-21H,3-4,11-13H2,1-2H3,(H,25,28). The Bertz CT molecular complexity index is 852. The van der Waals surface area contributed by atoms with Crippen LogP contribution in [0.5, 0.6) is 0 Å². The molecule has 160 valence electrons. The van der Waals surface area contributed by atoms with E-state index in [2.05, 4.69) is 36.2 Å². The Morgan fingerprint density at radius 3 is 2.30 bits per heavy atom. The Morgan fingerprint density at radius 1 is 1.13 bits per heavy atom. The Balaban J connectivity index is 1.41. The second-order valence-electron chi connectivity index (χ2n) is 8.33. The molecule has 2 aliphatic carbocycles. The molecule has 1 saturated carbocycles. The van der Waals surface area contributed by atoms with Gasteiger partial charge < -0.3 is 5.32 Å². The second-order valence-corrected chi connectivity index (χ2v) is 8.73. The lowest BCUT2D eigenvalue weighted by molar-refractivity contribution is -0.144. The molecule has 0 aromatic heterocycles. The van der Waals surface area contributed by atoms with E-state index in [9.17, 15) is 14.4 Å². The summed E-state index contributed by atoms with van der Waals surface area (Å²) in [4.78, 5) is 41.7. The van der Waals surface area contributed by atoms with Crippen molar-refractivity contribution in [2.24, 2.45) is 23.7 Å². The van der Waals surface area contributed by atoms with Crippen molar-refractivity contribution in [1.29, 1.82) is 0 Å². The minimum Gasteiger partial charge on any atom is -0.353 e. The van der Waals surface area contributed by atoms with Crippen LogP contribution in [-0.4, -0.2) is 53.7 Å². The van der Waals surface area contributed by atoms with E-state index in [-0.39, 0.29) is 54.0 Å². The number of rotatable bonds is 8. The first kappa shape index (κ1) is 21.1. The van der Waals surface area contributed by atoms with Crippen molar-refractivity contribution in [3.63, 3.8) is 0 Å². The first-order chi connectivity index (χ1) is 14.5. The highest BCUT2D eigenvalue weighted by Crippen LogP contribution is 2.52. The highest BCUT2D eigenvalue weighted by Gasteiger charge is 2.59. The van der Waals surface area contributed by atoms with Crippen LogP contribution < -0.4 is 5.32 Å². The highest BCUT2D eigenvalue weighted by atomic mass is 35.5. The number of nitrogens with zero attached hydrogens (tertiary/aromatic N) is 2. The maximum absolute atomic E-state index is 12.8. The molecule has 3 amide bonds. The van der Waals surface area contributed by atoms with Crippen LogP contribution >= 0.6 is 11.6 Å². The van der Waals surface area contributed by atoms with Gasteiger partial charge >= 0.3 is 0 Å². The maximum Gasteiger partial charge on any atom is 0.240 e. The molecule has 2 bridgehead atoms. The molecular formula is C23H28ClN3O3. The number of likely N-dealkylation sites (tertiary alicyclic amines) is 1. The molecule has 1 N–H and O–H groups in total. The van der Waals surface area contributed by atoms with Crippen LogP contribution in [0.4, 0.5) is 0 Å². The van der Waals surface area contributed by atoms with Crippen LogP contribution in [0, 0.1) is 23.7 Å². The summed E-state index contributed by atoms with van der Waals surface area (Å²) in [7, 11) is 0. The average molecular weight is 430 g/mol. The minimum absolute atomic E-state index is 0.0814. The first-order valence-electron chi connectivity index (χ1n) is 10.7.